The third kappa shape index (κ3) is 3.20. The third-order valence-electron chi connectivity index (χ3n) is 5.65. The maximum absolute atomic E-state index is 13.1. The van der Waals surface area contributed by atoms with E-state index in [9.17, 15) is 9.90 Å². The molecule has 0 amide bonds. The summed E-state index contributed by atoms with van der Waals surface area (Å²) in [4.78, 5) is 13.1. The lowest BCUT2D eigenvalue weighted by molar-refractivity contribution is -0.118. The van der Waals surface area contributed by atoms with Crippen molar-refractivity contribution in [1.29, 1.82) is 0 Å². The second-order valence-corrected chi connectivity index (χ2v) is 8.61. The highest BCUT2D eigenvalue weighted by Gasteiger charge is 2.38. The predicted molar refractivity (Wildman–Crippen MR) is 109 cm³/mol. The first-order chi connectivity index (χ1) is 12.7. The van der Waals surface area contributed by atoms with Crippen molar-refractivity contribution in [3.05, 3.63) is 64.4 Å². The molecule has 2 aromatic carbocycles. The van der Waals surface area contributed by atoms with E-state index >= 15 is 0 Å². The van der Waals surface area contributed by atoms with Gasteiger partial charge in [0, 0.05) is 17.7 Å². The molecule has 0 saturated heterocycles. The first kappa shape index (κ1) is 17.7. The van der Waals surface area contributed by atoms with Crippen LogP contribution in [0.25, 0.3) is 0 Å². The minimum absolute atomic E-state index is 0.0628. The van der Waals surface area contributed by atoms with Crippen LogP contribution in [0.3, 0.4) is 0 Å². The van der Waals surface area contributed by atoms with Crippen molar-refractivity contribution in [2.45, 2.75) is 46.6 Å². The maximum atomic E-state index is 13.1. The fourth-order valence-corrected chi connectivity index (χ4v) is 4.13. The Hall–Kier alpha value is -2.75. The molecule has 0 unspecified atom stereocenters. The van der Waals surface area contributed by atoms with Crippen LogP contribution in [0.2, 0.25) is 0 Å². The molecule has 1 heterocycles. The largest absolute Gasteiger partial charge is 0.508 e. The number of carbonyl (C=O) groups is 1. The summed E-state index contributed by atoms with van der Waals surface area (Å²) in [6.07, 6.45) is 1.37. The first-order valence-corrected chi connectivity index (χ1v) is 9.43. The van der Waals surface area contributed by atoms with Gasteiger partial charge < -0.3 is 15.7 Å². The Kier molecular flexibility index (Phi) is 4.02. The smallest absolute Gasteiger partial charge is 0.163 e. The molecule has 4 rings (SSSR count). The number of ketones is 1. The molecule has 4 nitrogen and oxygen atoms in total. The molecule has 2 aromatic rings. The summed E-state index contributed by atoms with van der Waals surface area (Å²) in [6.45, 7) is 8.49. The number of nitrogens with one attached hydrogen (secondary N) is 2. The minimum Gasteiger partial charge on any atom is -0.508 e. The van der Waals surface area contributed by atoms with Gasteiger partial charge in [-0.15, -0.1) is 0 Å². The molecule has 0 fully saturated rings. The molecule has 0 spiro atoms. The van der Waals surface area contributed by atoms with Crippen molar-refractivity contribution in [2.75, 3.05) is 10.6 Å². The van der Waals surface area contributed by atoms with Gasteiger partial charge in [-0.05, 0) is 66.6 Å². The quantitative estimate of drug-likeness (QED) is 0.650. The average Bonchev–Trinajstić information content (AvgIpc) is 2.71. The summed E-state index contributed by atoms with van der Waals surface area (Å²) in [7, 11) is 0. The predicted octanol–water partition coefficient (Wildman–Crippen LogP) is 5.23. The lowest BCUT2D eigenvalue weighted by Gasteiger charge is -2.34. The fraction of sp³-hybridized carbons (Fsp3) is 0.348. The van der Waals surface area contributed by atoms with Crippen LogP contribution in [-0.4, -0.2) is 10.9 Å². The maximum Gasteiger partial charge on any atom is 0.163 e. The summed E-state index contributed by atoms with van der Waals surface area (Å²) in [5.74, 6) is 0.406. The highest BCUT2D eigenvalue weighted by atomic mass is 16.3. The average molecular weight is 362 g/mol. The van der Waals surface area contributed by atoms with Crippen LogP contribution in [0.5, 0.6) is 5.75 Å². The Morgan fingerprint density at radius 1 is 1.00 bits per heavy atom. The molecule has 1 aliphatic carbocycles. The lowest BCUT2D eigenvalue weighted by Crippen LogP contribution is -2.31. The number of aryl methyl sites for hydroxylation is 2. The Morgan fingerprint density at radius 2 is 1.63 bits per heavy atom. The van der Waals surface area contributed by atoms with Crippen molar-refractivity contribution >= 4 is 17.2 Å². The molecule has 4 heteroatoms. The topological polar surface area (TPSA) is 61.4 Å². The molecule has 2 aliphatic rings. The van der Waals surface area contributed by atoms with Gasteiger partial charge in [0.2, 0.25) is 0 Å². The van der Waals surface area contributed by atoms with Gasteiger partial charge in [0.15, 0.2) is 5.78 Å². The van der Waals surface area contributed by atoms with Gasteiger partial charge in [0.1, 0.15) is 5.75 Å². The zero-order chi connectivity index (χ0) is 19.3. The number of fused-ring (bicyclic) bond motifs is 1. The van der Waals surface area contributed by atoms with Crippen LogP contribution in [0.1, 0.15) is 49.4 Å². The Bertz CT molecular complexity index is 955. The van der Waals surface area contributed by atoms with E-state index in [1.54, 1.807) is 12.1 Å². The van der Waals surface area contributed by atoms with Crippen molar-refractivity contribution in [3.8, 4) is 5.75 Å². The SMILES string of the molecule is Cc1cc2c(cc1C)N[C@H](c1ccc(O)cc1)C1=C(CC(C)(C)CC1=O)N2. The molecule has 140 valence electrons. The summed E-state index contributed by atoms with van der Waals surface area (Å²) in [6, 6.07) is 11.2. The molecule has 27 heavy (non-hydrogen) atoms. The number of Topliss-reactive ketones (excluding diaryl/α,β-unsaturated/α-hetero) is 1. The summed E-state index contributed by atoms with van der Waals surface area (Å²) >= 11 is 0. The van der Waals surface area contributed by atoms with Crippen molar-refractivity contribution in [1.82, 2.24) is 0 Å². The number of phenolic OH excluding ortho intramolecular Hbond substituents is 1. The normalized spacial score (nSPS) is 20.9. The van der Waals surface area contributed by atoms with Gasteiger partial charge in [-0.1, -0.05) is 26.0 Å². The molecular formula is C23H26N2O2. The fourth-order valence-electron chi connectivity index (χ4n) is 4.13. The summed E-state index contributed by atoms with van der Waals surface area (Å²) < 4.78 is 0. The highest BCUT2D eigenvalue weighted by Crippen LogP contribution is 2.46. The number of aromatic hydroxyl groups is 1. The zero-order valence-electron chi connectivity index (χ0n) is 16.3. The Balaban J connectivity index is 1.90. The molecule has 3 N–H and O–H groups in total. The molecule has 0 aromatic heterocycles. The van der Waals surface area contributed by atoms with Crippen LogP contribution in [-0.2, 0) is 4.79 Å². The van der Waals surface area contributed by atoms with Crippen LogP contribution >= 0.6 is 0 Å². The Morgan fingerprint density at radius 3 is 2.30 bits per heavy atom. The number of allylic oxidation sites excluding steroid dienone is 1. The summed E-state index contributed by atoms with van der Waals surface area (Å²) in [5, 5.41) is 16.8. The monoisotopic (exact) mass is 362 g/mol. The van der Waals surface area contributed by atoms with E-state index in [1.807, 2.05) is 12.1 Å². The highest BCUT2D eigenvalue weighted by molar-refractivity contribution is 6.01. The van der Waals surface area contributed by atoms with Gasteiger partial charge >= 0.3 is 0 Å². The van der Waals surface area contributed by atoms with Crippen LogP contribution < -0.4 is 10.6 Å². The second kappa shape index (κ2) is 6.15. The minimum atomic E-state index is -0.236. The van der Waals surface area contributed by atoms with Gasteiger partial charge in [0.05, 0.1) is 17.4 Å². The molecule has 1 aliphatic heterocycles. The zero-order valence-corrected chi connectivity index (χ0v) is 16.3. The number of phenols is 1. The number of rotatable bonds is 1. The number of benzene rings is 2. The lowest BCUT2D eigenvalue weighted by atomic mass is 9.73. The molecular weight excluding hydrogens is 336 g/mol. The van der Waals surface area contributed by atoms with Crippen LogP contribution in [0.15, 0.2) is 47.7 Å². The number of anilines is 2. The third-order valence-corrected chi connectivity index (χ3v) is 5.65. The van der Waals surface area contributed by atoms with E-state index in [0.29, 0.717) is 6.42 Å². The van der Waals surface area contributed by atoms with Gasteiger partial charge in [0.25, 0.3) is 0 Å². The molecule has 1 atom stereocenters. The Labute approximate surface area is 160 Å². The molecule has 0 saturated carbocycles. The number of carbonyl (C=O) groups excluding carboxylic acids is 1. The van der Waals surface area contributed by atoms with Crippen LogP contribution in [0, 0.1) is 19.3 Å². The van der Waals surface area contributed by atoms with Crippen LogP contribution in [0.4, 0.5) is 11.4 Å². The van der Waals surface area contributed by atoms with Gasteiger partial charge in [-0.3, -0.25) is 4.79 Å². The van der Waals surface area contributed by atoms with Crippen molar-refractivity contribution in [2.24, 2.45) is 5.41 Å². The van der Waals surface area contributed by atoms with E-state index in [1.165, 1.54) is 11.1 Å². The van der Waals surface area contributed by atoms with E-state index in [-0.39, 0.29) is 23.0 Å². The first-order valence-electron chi connectivity index (χ1n) is 9.43. The van der Waals surface area contributed by atoms with E-state index < -0.39 is 0 Å². The second-order valence-electron chi connectivity index (χ2n) is 8.61. The van der Waals surface area contributed by atoms with Crippen molar-refractivity contribution < 1.29 is 9.90 Å². The molecule has 0 bridgehead atoms. The number of hydrogen-bond acceptors (Lipinski definition) is 4. The van der Waals surface area contributed by atoms with Crippen molar-refractivity contribution in [3.63, 3.8) is 0 Å². The van der Waals surface area contributed by atoms with Gasteiger partial charge in [-0.25, -0.2) is 0 Å². The van der Waals surface area contributed by atoms with E-state index in [4.69, 9.17) is 0 Å². The summed E-state index contributed by atoms with van der Waals surface area (Å²) in [5.41, 5.74) is 7.16. The van der Waals surface area contributed by atoms with E-state index in [0.717, 1.165) is 34.6 Å². The standard InChI is InChI=1S/C23H26N2O2/c1-13-9-17-18(10-14(13)2)25-22(15-5-7-16(26)8-6-15)21-19(24-17)11-23(3,4)12-20(21)27/h5-10,22,24-26H,11-12H2,1-4H3/t22-/m1/s1. The molecule has 0 radical (unpaired) electrons. The number of hydrogen-bond donors (Lipinski definition) is 3. The van der Waals surface area contributed by atoms with Gasteiger partial charge in [-0.2, -0.15) is 0 Å². The van der Waals surface area contributed by atoms with E-state index in [2.05, 4.69) is 50.5 Å².